The molecule has 1 N–H and O–H groups in total. The lowest BCUT2D eigenvalue weighted by Gasteiger charge is -2.64. The van der Waals surface area contributed by atoms with Crippen molar-refractivity contribution in [2.24, 2.45) is 29.1 Å². The van der Waals surface area contributed by atoms with Gasteiger partial charge in [0, 0.05) is 11.9 Å². The molecule has 2 amide bonds. The first-order valence-corrected chi connectivity index (χ1v) is 14.3. The zero-order valence-electron chi connectivity index (χ0n) is 22.9. The van der Waals surface area contributed by atoms with Crippen LogP contribution in [-0.4, -0.2) is 60.9 Å². The number of alkyl carbamates (subject to hydrolysis) is 1. The number of nitrogens with one attached hydrogen (secondary N) is 1. The van der Waals surface area contributed by atoms with E-state index in [0.29, 0.717) is 36.6 Å². The molecule has 6 fully saturated rings. The van der Waals surface area contributed by atoms with Gasteiger partial charge in [-0.05, 0) is 79.4 Å². The van der Waals surface area contributed by atoms with E-state index in [1.54, 1.807) is 11.2 Å². The molecule has 4 saturated carbocycles. The van der Waals surface area contributed by atoms with Gasteiger partial charge in [-0.15, -0.1) is 0 Å². The summed E-state index contributed by atoms with van der Waals surface area (Å²) < 4.78 is 24.8. The average molecular weight is 532 g/mol. The minimum atomic E-state index is -0.602. The van der Waals surface area contributed by atoms with Crippen LogP contribution in [0.15, 0.2) is 47.6 Å². The molecule has 2 aromatic rings. The van der Waals surface area contributed by atoms with E-state index in [2.05, 4.69) is 32.7 Å². The molecule has 9 heteroatoms. The van der Waals surface area contributed by atoms with Gasteiger partial charge in [-0.2, -0.15) is 0 Å². The normalized spacial score (nSPS) is 36.1. The Balaban J connectivity index is 1.09. The maximum Gasteiger partial charge on any atom is 0.482 e. The van der Waals surface area contributed by atoms with Crippen molar-refractivity contribution in [3.63, 3.8) is 0 Å². The summed E-state index contributed by atoms with van der Waals surface area (Å²) in [6, 6.07) is 7.78. The Kier molecular flexibility index (Phi) is 5.73. The quantitative estimate of drug-likeness (QED) is 0.421. The Labute approximate surface area is 229 Å². The third kappa shape index (κ3) is 3.95. The number of amides is 2. The average Bonchev–Trinajstić information content (AvgIpc) is 3.24. The molecule has 0 radical (unpaired) electrons. The summed E-state index contributed by atoms with van der Waals surface area (Å²) in [6.07, 6.45) is 6.25. The highest BCUT2D eigenvalue weighted by Gasteiger charge is 2.68. The van der Waals surface area contributed by atoms with Gasteiger partial charge in [0.05, 0.1) is 30.0 Å². The molecule has 206 valence electrons. The fourth-order valence-corrected chi connectivity index (χ4v) is 8.22. The fourth-order valence-electron chi connectivity index (χ4n) is 8.22. The first kappa shape index (κ1) is 25.2. The molecule has 0 unspecified atom stereocenters. The number of nitrogens with zero attached hydrogens (tertiary/aromatic N) is 1. The monoisotopic (exact) mass is 532 g/mol. The third-order valence-corrected chi connectivity index (χ3v) is 10.7. The second kappa shape index (κ2) is 8.86. The first-order chi connectivity index (χ1) is 18.7. The minimum absolute atomic E-state index is 0.00412. The molecule has 8 atom stereocenters. The molecule has 2 saturated heterocycles. The largest absolute Gasteiger partial charge is 0.482 e. The lowest BCUT2D eigenvalue weighted by Crippen LogP contribution is -2.65. The van der Waals surface area contributed by atoms with Gasteiger partial charge in [0.25, 0.3) is 0 Å². The van der Waals surface area contributed by atoms with Gasteiger partial charge in [0.1, 0.15) is 12.2 Å². The van der Waals surface area contributed by atoms with Crippen LogP contribution in [0, 0.1) is 29.1 Å². The van der Waals surface area contributed by atoms with Crippen molar-refractivity contribution in [3.05, 3.63) is 48.7 Å². The molecule has 39 heavy (non-hydrogen) atoms. The molecular weight excluding hydrogens is 495 g/mol. The smallest absolute Gasteiger partial charge is 0.464 e. The SMILES string of the molecule is C=CC(=O)N1C[C@@H]2C[C@@H]2[C@@H]1COC(=O)N[C@@H](Cc1coc2ccccc12)B1O[C@@H]2C[C@@H]3C[C@@H](C3(C)C)[C@]2(C)O1. The van der Waals surface area contributed by atoms with Crippen LogP contribution in [0.3, 0.4) is 0 Å². The van der Waals surface area contributed by atoms with Crippen LogP contribution < -0.4 is 5.32 Å². The number of hydrogen-bond donors (Lipinski definition) is 1. The summed E-state index contributed by atoms with van der Waals surface area (Å²) in [5.74, 6) is 1.39. The Morgan fingerprint density at radius 1 is 1.26 bits per heavy atom. The van der Waals surface area contributed by atoms with E-state index in [9.17, 15) is 9.59 Å². The second-order valence-electron chi connectivity index (χ2n) is 13.1. The van der Waals surface area contributed by atoms with Crippen molar-refractivity contribution in [2.45, 2.75) is 70.1 Å². The molecule has 2 bridgehead atoms. The van der Waals surface area contributed by atoms with Crippen molar-refractivity contribution < 1.29 is 28.1 Å². The van der Waals surface area contributed by atoms with Crippen molar-refractivity contribution in [2.75, 3.05) is 13.2 Å². The van der Waals surface area contributed by atoms with Gasteiger partial charge >= 0.3 is 13.2 Å². The molecule has 1 aromatic heterocycles. The number of para-hydroxylation sites is 1. The summed E-state index contributed by atoms with van der Waals surface area (Å²) in [4.78, 5) is 27.3. The topological polar surface area (TPSA) is 90.2 Å². The number of furan rings is 1. The fraction of sp³-hybridized carbons (Fsp3) is 0.600. The van der Waals surface area contributed by atoms with Crippen molar-refractivity contribution in [3.8, 4) is 0 Å². The summed E-state index contributed by atoms with van der Waals surface area (Å²) in [7, 11) is -0.602. The van der Waals surface area contributed by atoms with Gasteiger partial charge in [-0.3, -0.25) is 4.79 Å². The first-order valence-electron chi connectivity index (χ1n) is 14.3. The lowest BCUT2D eigenvalue weighted by atomic mass is 9.43. The van der Waals surface area contributed by atoms with E-state index < -0.39 is 19.2 Å². The van der Waals surface area contributed by atoms with Crippen LogP contribution in [0.5, 0.6) is 0 Å². The Hall–Kier alpha value is -2.78. The molecule has 1 aromatic carbocycles. The maximum atomic E-state index is 13.2. The molecule has 4 aliphatic carbocycles. The number of rotatable bonds is 7. The minimum Gasteiger partial charge on any atom is -0.464 e. The van der Waals surface area contributed by atoms with Gasteiger partial charge < -0.3 is 28.7 Å². The number of piperidine rings is 1. The Morgan fingerprint density at radius 3 is 2.87 bits per heavy atom. The molecule has 8 rings (SSSR count). The van der Waals surface area contributed by atoms with Gasteiger partial charge in [-0.25, -0.2) is 4.79 Å². The van der Waals surface area contributed by atoms with E-state index in [1.807, 2.05) is 24.3 Å². The number of likely N-dealkylation sites (tertiary alicyclic amines) is 1. The molecule has 0 spiro atoms. The summed E-state index contributed by atoms with van der Waals surface area (Å²) >= 11 is 0. The number of benzene rings is 1. The van der Waals surface area contributed by atoms with Gasteiger partial charge in [-0.1, -0.05) is 38.6 Å². The van der Waals surface area contributed by atoms with Crippen molar-refractivity contribution >= 4 is 30.1 Å². The van der Waals surface area contributed by atoms with Gasteiger partial charge in [0.2, 0.25) is 5.91 Å². The number of hydrogen-bond acceptors (Lipinski definition) is 6. The number of carbonyl (C=O) groups is 2. The predicted octanol–water partition coefficient (Wildman–Crippen LogP) is 4.37. The number of ether oxygens (including phenoxy) is 1. The number of fused-ring (bicyclic) bond motifs is 2. The highest BCUT2D eigenvalue weighted by Crippen LogP contribution is 2.65. The van der Waals surface area contributed by atoms with E-state index >= 15 is 0 Å². The van der Waals surface area contributed by atoms with E-state index in [1.165, 1.54) is 6.08 Å². The van der Waals surface area contributed by atoms with Crippen LogP contribution in [0.1, 0.15) is 45.6 Å². The lowest BCUT2D eigenvalue weighted by molar-refractivity contribution is -0.199. The Bertz CT molecular complexity index is 1330. The van der Waals surface area contributed by atoms with Crippen LogP contribution >= 0.6 is 0 Å². The maximum absolute atomic E-state index is 13.2. The Morgan fingerprint density at radius 2 is 2.08 bits per heavy atom. The van der Waals surface area contributed by atoms with Crippen LogP contribution in [0.2, 0.25) is 0 Å². The van der Waals surface area contributed by atoms with Crippen LogP contribution in [-0.2, 0) is 25.3 Å². The highest BCUT2D eigenvalue weighted by atomic mass is 16.7. The van der Waals surface area contributed by atoms with E-state index in [4.69, 9.17) is 18.5 Å². The zero-order chi connectivity index (χ0) is 27.1. The predicted molar refractivity (Wildman–Crippen MR) is 146 cm³/mol. The summed E-state index contributed by atoms with van der Waals surface area (Å²) in [5, 5.41) is 4.08. The standard InChI is InChI=1S/C30H37BN2O6/c1-5-27(34)33-14-17-10-21(17)22(33)16-37-28(35)32-26(11-18-15-36-23-9-7-6-8-20(18)23)31-38-25-13-19-12-24(29(19,2)3)30(25,4)39-31/h5-9,15,17,19,21-22,24-26H,1,10-14,16H2,2-4H3,(H,32,35)/t17-,19-,21-,22-,24-,25+,26-,30-/m0/s1. The van der Waals surface area contributed by atoms with Crippen LogP contribution in [0.4, 0.5) is 4.79 Å². The van der Waals surface area contributed by atoms with Crippen molar-refractivity contribution in [1.29, 1.82) is 0 Å². The molecule has 8 nitrogen and oxygen atoms in total. The molecule has 3 heterocycles. The van der Waals surface area contributed by atoms with Crippen molar-refractivity contribution in [1.82, 2.24) is 10.2 Å². The molecular formula is C30H37BN2O6. The van der Waals surface area contributed by atoms with Gasteiger partial charge in [0.15, 0.2) is 0 Å². The second-order valence-corrected chi connectivity index (χ2v) is 13.1. The third-order valence-electron chi connectivity index (χ3n) is 10.7. The van der Waals surface area contributed by atoms with E-state index in [-0.39, 0.29) is 35.7 Å². The molecule has 2 aliphatic heterocycles. The number of carbonyl (C=O) groups excluding carboxylic acids is 2. The summed E-state index contributed by atoms with van der Waals surface area (Å²) in [5.41, 5.74) is 1.62. The summed E-state index contributed by atoms with van der Waals surface area (Å²) in [6.45, 7) is 11.4. The van der Waals surface area contributed by atoms with E-state index in [0.717, 1.165) is 35.8 Å². The van der Waals surface area contributed by atoms with Crippen LogP contribution in [0.25, 0.3) is 11.0 Å². The molecule has 6 aliphatic rings. The highest BCUT2D eigenvalue weighted by molar-refractivity contribution is 6.48. The zero-order valence-corrected chi connectivity index (χ0v) is 22.9.